The van der Waals surface area contributed by atoms with Crippen molar-refractivity contribution in [2.24, 2.45) is 18.6 Å². The van der Waals surface area contributed by atoms with Gasteiger partial charge in [0.1, 0.15) is 23.8 Å². The van der Waals surface area contributed by atoms with Gasteiger partial charge in [0, 0.05) is 42.0 Å². The predicted octanol–water partition coefficient (Wildman–Crippen LogP) is 7.25. The summed E-state index contributed by atoms with van der Waals surface area (Å²) in [6.07, 6.45) is 7.33. The van der Waals surface area contributed by atoms with E-state index in [1.165, 1.54) is 44.8 Å². The number of rotatable bonds is 5. The van der Waals surface area contributed by atoms with Crippen LogP contribution in [0.5, 0.6) is 0 Å². The number of fused-ring (bicyclic) bond motifs is 2. The maximum atomic E-state index is 15.8. The Morgan fingerprint density at radius 2 is 1.85 bits per heavy atom. The fourth-order valence-corrected chi connectivity index (χ4v) is 7.73. The Hall–Kier alpha value is -2.37. The number of hydrogen-bond acceptors (Lipinski definition) is 6. The number of nitrogens with zero attached hydrogens (tertiary/aromatic N) is 4. The van der Waals surface area contributed by atoms with Gasteiger partial charge < -0.3 is 10.1 Å². The van der Waals surface area contributed by atoms with E-state index in [2.05, 4.69) is 44.0 Å². The zero-order valence-corrected chi connectivity index (χ0v) is 26.4. The van der Waals surface area contributed by atoms with Crippen molar-refractivity contribution in [3.05, 3.63) is 53.6 Å². The molecule has 4 heterocycles. The second-order valence-electron chi connectivity index (χ2n) is 12.1. The second-order valence-corrected chi connectivity index (χ2v) is 14.6. The van der Waals surface area contributed by atoms with Gasteiger partial charge in [-0.1, -0.05) is 44.2 Å². The molecule has 0 spiro atoms. The first-order valence-corrected chi connectivity index (χ1v) is 16.6. The molecule has 2 aromatic carbocycles. The standard InChI is InChI=1S/C25H25F2IN4O.C7H15N/c1-16-22(30-24(31-28-16)33-15-25-11-5-13-32(25)14-6-12-25)21(27)23(29-2)18-9-3-7-17-8-4-10-19(26)20(17)18;1-7(2)4-3-5-8-6-7/h3-4,7-10H,2,5-6,11-15H2,1H3;8H,3-6H2,1-2H3/b23-21+;. The third kappa shape index (κ3) is 6.67. The summed E-state index contributed by atoms with van der Waals surface area (Å²) in [5.41, 5.74) is 1.14. The first kappa shape index (κ1) is 30.1. The van der Waals surface area contributed by atoms with E-state index in [9.17, 15) is 4.39 Å². The van der Waals surface area contributed by atoms with Crippen LogP contribution in [-0.2, 0) is 4.74 Å². The molecule has 3 fully saturated rings. The summed E-state index contributed by atoms with van der Waals surface area (Å²) < 4.78 is 41.8. The molecule has 2 aromatic rings. The highest BCUT2D eigenvalue weighted by molar-refractivity contribution is 14.2. The highest BCUT2D eigenvalue weighted by Gasteiger charge is 2.45. The smallest absolute Gasteiger partial charge is 0.322 e. The van der Waals surface area contributed by atoms with Crippen LogP contribution in [0, 0.1) is 11.2 Å². The van der Waals surface area contributed by atoms with Crippen LogP contribution >= 0.6 is 21.0 Å². The molecule has 0 saturated carbocycles. The zero-order chi connectivity index (χ0) is 29.0. The lowest BCUT2D eigenvalue weighted by Gasteiger charge is -2.31. The number of amidine groups is 1. The van der Waals surface area contributed by atoms with Crippen molar-refractivity contribution >= 4 is 59.4 Å². The Morgan fingerprint density at radius 3 is 2.49 bits per heavy atom. The van der Waals surface area contributed by atoms with E-state index in [-0.39, 0.29) is 23.0 Å². The Balaban J connectivity index is 0.000000365. The van der Waals surface area contributed by atoms with Gasteiger partial charge in [-0.05, 0) is 88.7 Å². The Bertz CT molecular complexity index is 1410. The molecular formula is C32H40F2IN5O. The largest absolute Gasteiger partial charge is 0.461 e. The van der Waals surface area contributed by atoms with Gasteiger partial charge in [-0.2, -0.15) is 8.20 Å². The summed E-state index contributed by atoms with van der Waals surface area (Å²) in [6, 6.07) is 10.2. The van der Waals surface area contributed by atoms with Crippen LogP contribution < -0.4 is 5.32 Å². The molecule has 0 aromatic heterocycles. The number of allylic oxidation sites excluding steroid dienone is 1. The molecule has 0 radical (unpaired) electrons. The molecule has 6 nitrogen and oxygen atoms in total. The van der Waals surface area contributed by atoms with E-state index in [1.54, 1.807) is 30.3 Å². The Morgan fingerprint density at radius 1 is 1.12 bits per heavy atom. The summed E-state index contributed by atoms with van der Waals surface area (Å²) >= 11 is -0.822. The first-order valence-electron chi connectivity index (χ1n) is 14.5. The molecule has 3 saturated heterocycles. The molecule has 0 atom stereocenters. The Labute approximate surface area is 252 Å². The third-order valence-electron chi connectivity index (χ3n) is 8.55. The van der Waals surface area contributed by atoms with E-state index in [0.29, 0.717) is 28.4 Å². The van der Waals surface area contributed by atoms with Gasteiger partial charge in [0.25, 0.3) is 0 Å². The van der Waals surface area contributed by atoms with Crippen molar-refractivity contribution in [1.29, 1.82) is 0 Å². The molecule has 9 heteroatoms. The van der Waals surface area contributed by atoms with Gasteiger partial charge >= 0.3 is 6.02 Å². The summed E-state index contributed by atoms with van der Waals surface area (Å²) in [7, 11) is 0. The number of nitrogens with one attached hydrogen (secondary N) is 1. The van der Waals surface area contributed by atoms with E-state index in [1.807, 2.05) is 6.92 Å². The number of halogens is 3. The molecule has 6 rings (SSSR count). The molecule has 4 aliphatic rings. The van der Waals surface area contributed by atoms with Crippen LogP contribution in [0.2, 0.25) is 0 Å². The number of ether oxygens (including phenoxy) is 1. The number of piperidine rings is 1. The molecule has 0 unspecified atom stereocenters. The molecule has 0 amide bonds. The van der Waals surface area contributed by atoms with Crippen LogP contribution in [0.3, 0.4) is 0 Å². The molecule has 0 bridgehead atoms. The zero-order valence-electron chi connectivity index (χ0n) is 24.3. The fourth-order valence-electron chi connectivity index (χ4n) is 6.33. The van der Waals surface area contributed by atoms with Crippen LogP contribution in [-0.4, -0.2) is 65.2 Å². The van der Waals surface area contributed by atoms with E-state index >= 15 is 4.39 Å². The van der Waals surface area contributed by atoms with Crippen molar-refractivity contribution in [3.8, 4) is 0 Å². The van der Waals surface area contributed by atoms with Gasteiger partial charge in [0.15, 0.2) is 5.83 Å². The summed E-state index contributed by atoms with van der Waals surface area (Å²) in [4.78, 5) is 10.9. The lowest BCUT2D eigenvalue weighted by atomic mass is 9.85. The highest BCUT2D eigenvalue weighted by atomic mass is 127. The van der Waals surface area contributed by atoms with E-state index in [4.69, 9.17) is 4.74 Å². The topological polar surface area (TPSA) is 61.6 Å². The molecular weight excluding hydrogens is 635 g/mol. The molecule has 220 valence electrons. The Kier molecular flexibility index (Phi) is 9.45. The summed E-state index contributed by atoms with van der Waals surface area (Å²) in [5, 5.41) is 4.36. The fraction of sp³-hybridized carbons (Fsp3) is 0.500. The molecule has 41 heavy (non-hydrogen) atoms. The van der Waals surface area contributed by atoms with Crippen LogP contribution in [0.15, 0.2) is 55.4 Å². The van der Waals surface area contributed by atoms with Gasteiger partial charge in [0.2, 0.25) is 0 Å². The van der Waals surface area contributed by atoms with Crippen LogP contribution in [0.25, 0.3) is 16.5 Å². The quantitative estimate of drug-likeness (QED) is 0.269. The lowest BCUT2D eigenvalue weighted by Crippen LogP contribution is -2.43. The predicted molar refractivity (Wildman–Crippen MR) is 176 cm³/mol. The normalized spacial score (nSPS) is 22.2. The minimum Gasteiger partial charge on any atom is -0.461 e. The lowest BCUT2D eigenvalue weighted by molar-refractivity contribution is 0.106. The molecule has 4 aliphatic heterocycles. The van der Waals surface area contributed by atoms with Gasteiger partial charge in [0.05, 0.1) is 5.54 Å². The SMILES string of the molecule is C=N/C(=C(/F)C1=NC(OCC23CCCN2CCC3)=NI=C1C)c1cccc2cccc(F)c12.CC1(C)CCCNC1. The summed E-state index contributed by atoms with van der Waals surface area (Å²) in [6.45, 7) is 15.2. The second kappa shape index (κ2) is 12.9. The van der Waals surface area contributed by atoms with Crippen molar-refractivity contribution in [3.63, 3.8) is 0 Å². The highest BCUT2D eigenvalue weighted by Crippen LogP contribution is 2.39. The maximum absolute atomic E-state index is 15.8. The van der Waals surface area contributed by atoms with Crippen molar-refractivity contribution < 1.29 is 13.5 Å². The van der Waals surface area contributed by atoms with Crippen molar-refractivity contribution in [2.45, 2.75) is 64.8 Å². The number of hydrogen-bond donors (Lipinski definition) is 1. The van der Waals surface area contributed by atoms with Gasteiger partial charge in [-0.3, -0.25) is 9.89 Å². The first-order chi connectivity index (χ1) is 19.7. The minimum atomic E-state index is -0.822. The molecule has 0 aliphatic carbocycles. The van der Waals surface area contributed by atoms with E-state index in [0.717, 1.165) is 29.4 Å². The maximum Gasteiger partial charge on any atom is 0.322 e. The number of aliphatic imine (C=N–C) groups is 2. The monoisotopic (exact) mass is 675 g/mol. The average Bonchev–Trinajstić information content (AvgIpc) is 3.54. The third-order valence-corrected chi connectivity index (χ3v) is 10.4. The van der Waals surface area contributed by atoms with Crippen molar-refractivity contribution in [1.82, 2.24) is 10.2 Å². The van der Waals surface area contributed by atoms with Crippen LogP contribution in [0.4, 0.5) is 8.78 Å². The minimum absolute atomic E-state index is 0.0228. The van der Waals surface area contributed by atoms with Crippen LogP contribution in [0.1, 0.15) is 64.9 Å². The van der Waals surface area contributed by atoms with Gasteiger partial charge in [-0.15, -0.1) is 0 Å². The summed E-state index contributed by atoms with van der Waals surface area (Å²) in [5.74, 6) is -1.06. The van der Waals surface area contributed by atoms with Gasteiger partial charge in [-0.25, -0.2) is 8.78 Å². The average molecular weight is 676 g/mol. The van der Waals surface area contributed by atoms with E-state index < -0.39 is 32.6 Å². The molecule has 1 N–H and O–H groups in total. The van der Waals surface area contributed by atoms with Crippen molar-refractivity contribution in [2.75, 3.05) is 32.8 Å². The number of benzene rings is 2.